The van der Waals surface area contributed by atoms with Crippen LogP contribution in [0.5, 0.6) is 5.75 Å². The molecule has 1 aromatic rings. The molecule has 98 valence electrons. The topological polar surface area (TPSA) is 35.5 Å². The number of hydrogen-bond acceptors (Lipinski definition) is 3. The normalized spacial score (nSPS) is 11.7. The van der Waals surface area contributed by atoms with Gasteiger partial charge in [0.05, 0.1) is 14.2 Å². The highest BCUT2D eigenvalue weighted by Crippen LogP contribution is 2.19. The fourth-order valence-corrected chi connectivity index (χ4v) is 1.89. The Kier molecular flexibility index (Phi) is 5.98. The molecule has 0 spiro atoms. The second kappa shape index (κ2) is 7.54. The molecule has 1 atom stereocenters. The number of ether oxygens (including phenoxy) is 2. The van der Waals surface area contributed by atoms with Crippen LogP contribution in [0.1, 0.15) is 18.4 Å². The first-order chi connectivity index (χ1) is 8.69. The summed E-state index contributed by atoms with van der Waals surface area (Å²) in [5, 5.41) is 0. The molecule has 1 unspecified atom stereocenters. The Morgan fingerprint density at radius 2 is 2.00 bits per heavy atom. The second-order valence-corrected chi connectivity index (χ2v) is 4.22. The second-order valence-electron chi connectivity index (χ2n) is 4.22. The fraction of sp³-hybridized carbons (Fsp3) is 0.400. The molecule has 0 saturated carbocycles. The summed E-state index contributed by atoms with van der Waals surface area (Å²) >= 11 is 0. The predicted molar refractivity (Wildman–Crippen MR) is 71.6 cm³/mol. The van der Waals surface area contributed by atoms with E-state index in [4.69, 9.17) is 9.47 Å². The summed E-state index contributed by atoms with van der Waals surface area (Å²) in [7, 11) is 3.06. The van der Waals surface area contributed by atoms with Crippen molar-refractivity contribution in [2.45, 2.75) is 19.3 Å². The Morgan fingerprint density at radius 3 is 2.50 bits per heavy atom. The summed E-state index contributed by atoms with van der Waals surface area (Å²) in [6, 6.07) is 7.90. The standard InChI is InChI=1S/C15H20O3/c1-4-5-13(11-15(16)18-3)10-12-6-8-14(17-2)9-7-12/h4,6-9,13H,1,5,10-11H2,2-3H3. The molecule has 0 radical (unpaired) electrons. The fourth-order valence-electron chi connectivity index (χ4n) is 1.89. The highest BCUT2D eigenvalue weighted by atomic mass is 16.5. The van der Waals surface area contributed by atoms with Gasteiger partial charge in [0, 0.05) is 6.42 Å². The van der Waals surface area contributed by atoms with Crippen molar-refractivity contribution < 1.29 is 14.3 Å². The van der Waals surface area contributed by atoms with Gasteiger partial charge in [-0.2, -0.15) is 0 Å². The van der Waals surface area contributed by atoms with Crippen molar-refractivity contribution in [1.82, 2.24) is 0 Å². The minimum absolute atomic E-state index is 0.171. The molecule has 3 nitrogen and oxygen atoms in total. The summed E-state index contributed by atoms with van der Waals surface area (Å²) in [5.41, 5.74) is 1.19. The van der Waals surface area contributed by atoms with Crippen LogP contribution in [-0.4, -0.2) is 20.2 Å². The molecular formula is C15H20O3. The van der Waals surface area contributed by atoms with Gasteiger partial charge < -0.3 is 9.47 Å². The lowest BCUT2D eigenvalue weighted by molar-refractivity contribution is -0.141. The summed E-state index contributed by atoms with van der Waals surface area (Å²) < 4.78 is 9.82. The smallest absolute Gasteiger partial charge is 0.305 e. The minimum Gasteiger partial charge on any atom is -0.497 e. The molecule has 0 N–H and O–H groups in total. The van der Waals surface area contributed by atoms with E-state index >= 15 is 0 Å². The molecule has 0 amide bonds. The highest BCUT2D eigenvalue weighted by molar-refractivity contribution is 5.69. The van der Waals surface area contributed by atoms with Crippen LogP contribution in [0.25, 0.3) is 0 Å². The Bertz CT molecular complexity index is 381. The van der Waals surface area contributed by atoms with Crippen molar-refractivity contribution in [2.75, 3.05) is 14.2 Å². The van der Waals surface area contributed by atoms with Crippen molar-refractivity contribution in [1.29, 1.82) is 0 Å². The van der Waals surface area contributed by atoms with Crippen LogP contribution in [0.4, 0.5) is 0 Å². The molecule has 0 aliphatic carbocycles. The molecule has 0 heterocycles. The number of esters is 1. The van der Waals surface area contributed by atoms with E-state index in [-0.39, 0.29) is 11.9 Å². The average molecular weight is 248 g/mol. The molecule has 0 saturated heterocycles. The molecular weight excluding hydrogens is 228 g/mol. The minimum atomic E-state index is -0.171. The van der Waals surface area contributed by atoms with Crippen LogP contribution >= 0.6 is 0 Å². The van der Waals surface area contributed by atoms with Gasteiger partial charge in [-0.05, 0) is 36.5 Å². The van der Waals surface area contributed by atoms with Crippen molar-refractivity contribution in [3.8, 4) is 5.75 Å². The van der Waals surface area contributed by atoms with Gasteiger partial charge in [-0.15, -0.1) is 6.58 Å². The van der Waals surface area contributed by atoms with Crippen LogP contribution in [0.3, 0.4) is 0 Å². The third-order valence-electron chi connectivity index (χ3n) is 2.87. The average Bonchev–Trinajstić information content (AvgIpc) is 2.39. The molecule has 1 aromatic carbocycles. The van der Waals surface area contributed by atoms with E-state index in [9.17, 15) is 4.79 Å². The quantitative estimate of drug-likeness (QED) is 0.549. The highest BCUT2D eigenvalue weighted by Gasteiger charge is 2.13. The van der Waals surface area contributed by atoms with E-state index in [2.05, 4.69) is 6.58 Å². The molecule has 0 bridgehead atoms. The maximum atomic E-state index is 11.3. The van der Waals surface area contributed by atoms with Crippen LogP contribution in [-0.2, 0) is 16.0 Å². The van der Waals surface area contributed by atoms with E-state index in [0.717, 1.165) is 18.6 Å². The van der Waals surface area contributed by atoms with E-state index in [1.807, 2.05) is 30.3 Å². The number of benzene rings is 1. The lowest BCUT2D eigenvalue weighted by Gasteiger charge is -2.14. The Labute approximate surface area is 108 Å². The lowest BCUT2D eigenvalue weighted by Crippen LogP contribution is -2.12. The van der Waals surface area contributed by atoms with Gasteiger partial charge in [0.1, 0.15) is 5.75 Å². The summed E-state index contributed by atoms with van der Waals surface area (Å²) in [5.74, 6) is 0.908. The van der Waals surface area contributed by atoms with Crippen molar-refractivity contribution in [2.24, 2.45) is 5.92 Å². The first-order valence-electron chi connectivity index (χ1n) is 6.00. The predicted octanol–water partition coefficient (Wildman–Crippen LogP) is 2.99. The van der Waals surface area contributed by atoms with Gasteiger partial charge in [-0.3, -0.25) is 4.79 Å². The first-order valence-corrected chi connectivity index (χ1v) is 6.00. The van der Waals surface area contributed by atoms with Crippen molar-refractivity contribution >= 4 is 5.97 Å². The molecule has 3 heteroatoms. The third-order valence-corrected chi connectivity index (χ3v) is 2.87. The van der Waals surface area contributed by atoms with Crippen molar-refractivity contribution in [3.05, 3.63) is 42.5 Å². The van der Waals surface area contributed by atoms with Gasteiger partial charge in [-0.1, -0.05) is 18.2 Å². The van der Waals surface area contributed by atoms with Crippen LogP contribution in [0, 0.1) is 5.92 Å². The van der Waals surface area contributed by atoms with E-state index < -0.39 is 0 Å². The number of rotatable bonds is 7. The lowest BCUT2D eigenvalue weighted by atomic mass is 9.93. The van der Waals surface area contributed by atoms with Gasteiger partial charge in [0.15, 0.2) is 0 Å². The number of allylic oxidation sites excluding steroid dienone is 1. The summed E-state index contributed by atoms with van der Waals surface area (Å²) in [4.78, 5) is 11.3. The van der Waals surface area contributed by atoms with E-state index in [0.29, 0.717) is 6.42 Å². The first kappa shape index (κ1) is 14.3. The largest absolute Gasteiger partial charge is 0.497 e. The monoisotopic (exact) mass is 248 g/mol. The Morgan fingerprint density at radius 1 is 1.33 bits per heavy atom. The van der Waals surface area contributed by atoms with Gasteiger partial charge in [0.2, 0.25) is 0 Å². The van der Waals surface area contributed by atoms with Crippen LogP contribution in [0.15, 0.2) is 36.9 Å². The van der Waals surface area contributed by atoms with Gasteiger partial charge in [0.25, 0.3) is 0 Å². The Balaban J connectivity index is 2.63. The zero-order chi connectivity index (χ0) is 13.4. The maximum absolute atomic E-state index is 11.3. The maximum Gasteiger partial charge on any atom is 0.305 e. The van der Waals surface area contributed by atoms with Crippen LogP contribution < -0.4 is 4.74 Å². The zero-order valence-electron chi connectivity index (χ0n) is 11.0. The van der Waals surface area contributed by atoms with Gasteiger partial charge in [-0.25, -0.2) is 0 Å². The summed E-state index contributed by atoms with van der Waals surface area (Å²) in [6.07, 6.45) is 3.91. The zero-order valence-corrected chi connectivity index (χ0v) is 11.0. The van der Waals surface area contributed by atoms with E-state index in [1.165, 1.54) is 12.7 Å². The number of carbonyl (C=O) groups excluding carboxylic acids is 1. The molecule has 0 aromatic heterocycles. The van der Waals surface area contributed by atoms with Crippen LogP contribution in [0.2, 0.25) is 0 Å². The van der Waals surface area contributed by atoms with Crippen molar-refractivity contribution in [3.63, 3.8) is 0 Å². The SMILES string of the molecule is C=CCC(CC(=O)OC)Cc1ccc(OC)cc1. The molecule has 18 heavy (non-hydrogen) atoms. The Hall–Kier alpha value is -1.77. The molecule has 0 aliphatic heterocycles. The molecule has 1 rings (SSSR count). The number of hydrogen-bond donors (Lipinski definition) is 0. The number of methoxy groups -OCH3 is 2. The van der Waals surface area contributed by atoms with Gasteiger partial charge >= 0.3 is 5.97 Å². The molecule has 0 fully saturated rings. The number of carbonyl (C=O) groups is 1. The summed E-state index contributed by atoms with van der Waals surface area (Å²) in [6.45, 7) is 3.73. The van der Waals surface area contributed by atoms with E-state index in [1.54, 1.807) is 7.11 Å². The third kappa shape index (κ3) is 4.62. The molecule has 0 aliphatic rings.